The maximum atomic E-state index is 12.8. The first-order chi connectivity index (χ1) is 15.5. The summed E-state index contributed by atoms with van der Waals surface area (Å²) in [6, 6.07) is 8.34. The van der Waals surface area contributed by atoms with Crippen LogP contribution in [0.5, 0.6) is 11.8 Å². The molecule has 0 amide bonds. The molecule has 0 aliphatic carbocycles. The van der Waals surface area contributed by atoms with Gasteiger partial charge in [0.1, 0.15) is 18.3 Å². The Kier molecular flexibility index (Phi) is 6.61. The molecule has 1 aromatic carbocycles. The van der Waals surface area contributed by atoms with E-state index in [1.807, 2.05) is 0 Å². The Morgan fingerprint density at radius 1 is 1.12 bits per heavy atom. The number of piperazine rings is 1. The molecule has 10 nitrogen and oxygen atoms in total. The van der Waals surface area contributed by atoms with Gasteiger partial charge in [0, 0.05) is 37.3 Å². The third-order valence-electron chi connectivity index (χ3n) is 4.85. The van der Waals surface area contributed by atoms with Gasteiger partial charge in [-0.15, -0.1) is 15.3 Å². The summed E-state index contributed by atoms with van der Waals surface area (Å²) in [6.45, 7) is 3.79. The standard InChI is InChI=1S/C20H21F2N7O3/c1-12-16(29(28-25-12)14-4-2-13(3-5-14)19(21)22)11-31-17-6-7-18(27-26-17)32-20(30)15-10-23-8-9-24-15/h2-7,15,19,23-24H,8-11H2,1H3/t15-/m0/s1. The van der Waals surface area contributed by atoms with Crippen molar-refractivity contribution in [3.63, 3.8) is 0 Å². The monoisotopic (exact) mass is 445 g/mol. The van der Waals surface area contributed by atoms with Crippen LogP contribution in [0.2, 0.25) is 0 Å². The Morgan fingerprint density at radius 3 is 2.53 bits per heavy atom. The molecule has 0 spiro atoms. The van der Waals surface area contributed by atoms with Crippen molar-refractivity contribution in [1.29, 1.82) is 0 Å². The van der Waals surface area contributed by atoms with Crippen molar-refractivity contribution in [3.8, 4) is 17.4 Å². The van der Waals surface area contributed by atoms with Crippen LogP contribution in [0.25, 0.3) is 5.69 Å². The summed E-state index contributed by atoms with van der Waals surface area (Å²) in [6.07, 6.45) is -2.54. The molecule has 1 saturated heterocycles. The van der Waals surface area contributed by atoms with Crippen molar-refractivity contribution in [2.24, 2.45) is 0 Å². The van der Waals surface area contributed by atoms with E-state index >= 15 is 0 Å². The zero-order valence-electron chi connectivity index (χ0n) is 17.2. The molecular formula is C20H21F2N7O3. The smallest absolute Gasteiger partial charge is 0.331 e. The fraction of sp³-hybridized carbons (Fsp3) is 0.350. The molecule has 2 N–H and O–H groups in total. The molecule has 4 rings (SSSR count). The predicted octanol–water partition coefficient (Wildman–Crippen LogP) is 1.35. The number of halogens is 2. The summed E-state index contributed by atoms with van der Waals surface area (Å²) in [5, 5.41) is 22.0. The molecule has 0 unspecified atom stereocenters. The second-order valence-corrected chi connectivity index (χ2v) is 7.06. The summed E-state index contributed by atoms with van der Waals surface area (Å²) < 4.78 is 38.0. The number of esters is 1. The van der Waals surface area contributed by atoms with Crippen LogP contribution in [-0.2, 0) is 11.4 Å². The topological polar surface area (TPSA) is 116 Å². The molecule has 2 aromatic heterocycles. The van der Waals surface area contributed by atoms with Crippen LogP contribution in [0, 0.1) is 6.92 Å². The number of ether oxygens (including phenoxy) is 2. The van der Waals surface area contributed by atoms with Gasteiger partial charge in [-0.25, -0.2) is 18.3 Å². The van der Waals surface area contributed by atoms with Gasteiger partial charge < -0.3 is 20.1 Å². The highest BCUT2D eigenvalue weighted by Crippen LogP contribution is 2.21. The van der Waals surface area contributed by atoms with Gasteiger partial charge in [0.05, 0.1) is 11.4 Å². The van der Waals surface area contributed by atoms with Gasteiger partial charge in [-0.05, 0) is 19.1 Å². The molecule has 3 aromatic rings. The fourth-order valence-corrected chi connectivity index (χ4v) is 3.09. The first kappa shape index (κ1) is 21.7. The van der Waals surface area contributed by atoms with E-state index < -0.39 is 18.4 Å². The van der Waals surface area contributed by atoms with Gasteiger partial charge in [-0.3, -0.25) is 0 Å². The SMILES string of the molecule is Cc1nnn(-c2ccc(C(F)F)cc2)c1COc1ccc(OC(=O)[C@@H]2CNCCN2)nn1. The van der Waals surface area contributed by atoms with Crippen LogP contribution in [0.15, 0.2) is 36.4 Å². The number of aryl methyl sites for hydroxylation is 1. The molecule has 1 fully saturated rings. The third-order valence-corrected chi connectivity index (χ3v) is 4.85. The van der Waals surface area contributed by atoms with Crippen LogP contribution >= 0.6 is 0 Å². The minimum absolute atomic E-state index is 0.0664. The van der Waals surface area contributed by atoms with Crippen molar-refractivity contribution in [2.75, 3.05) is 19.6 Å². The quantitative estimate of drug-likeness (QED) is 0.520. The molecule has 12 heteroatoms. The van der Waals surface area contributed by atoms with Crippen LogP contribution in [0.4, 0.5) is 8.78 Å². The summed E-state index contributed by atoms with van der Waals surface area (Å²) in [5.41, 5.74) is 1.75. The number of carbonyl (C=O) groups excluding carboxylic acids is 1. The molecule has 0 bridgehead atoms. The highest BCUT2D eigenvalue weighted by molar-refractivity contribution is 5.78. The van der Waals surface area contributed by atoms with Crippen molar-refractivity contribution >= 4 is 5.97 Å². The lowest BCUT2D eigenvalue weighted by molar-refractivity contribution is -0.137. The van der Waals surface area contributed by atoms with E-state index in [4.69, 9.17) is 9.47 Å². The van der Waals surface area contributed by atoms with Gasteiger partial charge in [-0.2, -0.15) is 0 Å². The minimum Gasteiger partial charge on any atom is -0.470 e. The second kappa shape index (κ2) is 9.75. The highest BCUT2D eigenvalue weighted by atomic mass is 19.3. The van der Waals surface area contributed by atoms with Crippen molar-refractivity contribution in [1.82, 2.24) is 35.8 Å². The number of hydrogen-bond donors (Lipinski definition) is 2. The zero-order chi connectivity index (χ0) is 22.5. The first-order valence-corrected chi connectivity index (χ1v) is 9.93. The summed E-state index contributed by atoms with van der Waals surface area (Å²) >= 11 is 0. The zero-order valence-corrected chi connectivity index (χ0v) is 17.2. The Hall–Kier alpha value is -3.51. The lowest BCUT2D eigenvalue weighted by Gasteiger charge is -2.22. The molecule has 0 radical (unpaired) electrons. The molecule has 1 aliphatic rings. The third kappa shape index (κ3) is 5.03. The number of carbonyl (C=O) groups is 1. The number of rotatable bonds is 7. The molecule has 0 saturated carbocycles. The summed E-state index contributed by atoms with van der Waals surface area (Å²) in [4.78, 5) is 12.1. The van der Waals surface area contributed by atoms with E-state index in [1.165, 1.54) is 28.9 Å². The number of alkyl halides is 2. The number of benzene rings is 1. The molecular weight excluding hydrogens is 424 g/mol. The van der Waals surface area contributed by atoms with Crippen molar-refractivity contribution in [2.45, 2.75) is 26.0 Å². The number of aromatic nitrogens is 5. The van der Waals surface area contributed by atoms with Crippen molar-refractivity contribution in [3.05, 3.63) is 53.3 Å². The van der Waals surface area contributed by atoms with Crippen LogP contribution in [-0.4, -0.2) is 56.8 Å². The minimum atomic E-state index is -2.54. The van der Waals surface area contributed by atoms with E-state index in [-0.39, 0.29) is 23.9 Å². The van der Waals surface area contributed by atoms with Gasteiger partial charge >= 0.3 is 5.97 Å². The van der Waals surface area contributed by atoms with E-state index in [1.54, 1.807) is 19.1 Å². The molecule has 1 atom stereocenters. The Morgan fingerprint density at radius 2 is 1.88 bits per heavy atom. The summed E-state index contributed by atoms with van der Waals surface area (Å²) in [7, 11) is 0. The average Bonchev–Trinajstić information content (AvgIpc) is 3.19. The first-order valence-electron chi connectivity index (χ1n) is 9.93. The maximum Gasteiger partial charge on any atom is 0.331 e. The predicted molar refractivity (Wildman–Crippen MR) is 108 cm³/mol. The van der Waals surface area contributed by atoms with E-state index in [2.05, 4.69) is 31.1 Å². The second-order valence-electron chi connectivity index (χ2n) is 7.06. The fourth-order valence-electron chi connectivity index (χ4n) is 3.09. The Labute approximate surface area is 181 Å². The van der Waals surface area contributed by atoms with Crippen LogP contribution < -0.4 is 20.1 Å². The molecule has 3 heterocycles. The Bertz CT molecular complexity index is 1050. The van der Waals surface area contributed by atoms with E-state index in [0.29, 0.717) is 30.2 Å². The normalized spacial score (nSPS) is 16.2. The number of nitrogens with zero attached hydrogens (tertiary/aromatic N) is 5. The lowest BCUT2D eigenvalue weighted by atomic mass is 10.2. The Balaban J connectivity index is 1.38. The average molecular weight is 445 g/mol. The van der Waals surface area contributed by atoms with E-state index in [0.717, 1.165) is 6.54 Å². The van der Waals surface area contributed by atoms with Gasteiger partial charge in [0.15, 0.2) is 0 Å². The largest absolute Gasteiger partial charge is 0.470 e. The highest BCUT2D eigenvalue weighted by Gasteiger charge is 2.23. The van der Waals surface area contributed by atoms with Crippen molar-refractivity contribution < 1.29 is 23.0 Å². The van der Waals surface area contributed by atoms with Gasteiger partial charge in [-0.1, -0.05) is 17.3 Å². The number of nitrogens with one attached hydrogen (secondary N) is 2. The number of hydrogen-bond acceptors (Lipinski definition) is 9. The van der Waals surface area contributed by atoms with Crippen LogP contribution in [0.1, 0.15) is 23.4 Å². The summed E-state index contributed by atoms with van der Waals surface area (Å²) in [5.74, 6) is -0.164. The van der Waals surface area contributed by atoms with Gasteiger partial charge in [0.25, 0.3) is 6.43 Å². The van der Waals surface area contributed by atoms with Gasteiger partial charge in [0.2, 0.25) is 11.8 Å². The molecule has 1 aliphatic heterocycles. The maximum absolute atomic E-state index is 12.8. The van der Waals surface area contributed by atoms with E-state index in [9.17, 15) is 13.6 Å². The lowest BCUT2D eigenvalue weighted by Crippen LogP contribution is -2.53. The van der Waals surface area contributed by atoms with Crippen LogP contribution in [0.3, 0.4) is 0 Å². The molecule has 168 valence electrons. The molecule has 32 heavy (non-hydrogen) atoms.